The van der Waals surface area contributed by atoms with Gasteiger partial charge in [-0.3, -0.25) is 0 Å². The highest BCUT2D eigenvalue weighted by atomic mass is 35.5. The Labute approximate surface area is 62.6 Å². The first kappa shape index (κ1) is 12.7. The van der Waals surface area contributed by atoms with E-state index in [1.807, 2.05) is 0 Å². The zero-order chi connectivity index (χ0) is 7.71. The van der Waals surface area contributed by atoms with Crippen LogP contribution in [0.4, 0.5) is 13.2 Å². The molecule has 0 aliphatic rings. The van der Waals surface area contributed by atoms with E-state index < -0.39 is 18.3 Å². The van der Waals surface area contributed by atoms with Crippen molar-refractivity contribution in [3.63, 3.8) is 0 Å². The van der Waals surface area contributed by atoms with Crippen molar-refractivity contribution in [1.82, 2.24) is 0 Å². The molecule has 0 aromatic carbocycles. The van der Waals surface area contributed by atoms with E-state index in [9.17, 15) is 13.2 Å². The largest absolute Gasteiger partial charge is 0.408 e. The molecule has 1 atom stereocenters. The summed E-state index contributed by atoms with van der Waals surface area (Å²) in [6, 6.07) is 0. The van der Waals surface area contributed by atoms with Crippen molar-refractivity contribution < 1.29 is 18.3 Å². The van der Waals surface area contributed by atoms with Crippen molar-refractivity contribution >= 4 is 12.4 Å². The van der Waals surface area contributed by atoms with Crippen LogP contribution in [0.5, 0.6) is 0 Å². The van der Waals surface area contributed by atoms with Crippen LogP contribution in [0.2, 0.25) is 0 Å². The third-order valence-electron chi connectivity index (χ3n) is 0.976. The summed E-state index contributed by atoms with van der Waals surface area (Å²) in [5.41, 5.74) is 2.15. The molecule has 0 heterocycles. The number of nitrogens with two attached hydrogens (primary N) is 1. The van der Waals surface area contributed by atoms with Gasteiger partial charge >= 0.3 is 6.18 Å². The molecule has 2 nitrogen and oxygen atoms in total. The standard InChI is InChI=1S/C4H8F3NO.ClH/c1-3(8,2-9)4(5,6)7;/h9H,2,8H2,1H3;1H/t3-;/m1./s1. The van der Waals surface area contributed by atoms with Crippen LogP contribution < -0.4 is 5.73 Å². The minimum Gasteiger partial charge on any atom is -0.394 e. The van der Waals surface area contributed by atoms with Crippen molar-refractivity contribution in [3.8, 4) is 0 Å². The second-order valence-electron chi connectivity index (χ2n) is 2.07. The first-order chi connectivity index (χ1) is 3.81. The predicted octanol–water partition coefficient (Wildman–Crippen LogP) is 0.680. The molecule has 0 fully saturated rings. The van der Waals surface area contributed by atoms with Crippen molar-refractivity contribution in [1.29, 1.82) is 0 Å². The molecule has 64 valence electrons. The second-order valence-corrected chi connectivity index (χ2v) is 2.07. The molecule has 0 aliphatic carbocycles. The van der Waals surface area contributed by atoms with Crippen molar-refractivity contribution in [2.24, 2.45) is 5.73 Å². The number of aliphatic hydroxyl groups is 1. The van der Waals surface area contributed by atoms with Gasteiger partial charge in [-0.05, 0) is 6.92 Å². The molecule has 0 bridgehead atoms. The summed E-state index contributed by atoms with van der Waals surface area (Å²) in [4.78, 5) is 0. The quantitative estimate of drug-likeness (QED) is 0.622. The Morgan fingerprint density at radius 1 is 1.40 bits per heavy atom. The summed E-state index contributed by atoms with van der Waals surface area (Å²) in [6.45, 7) is -0.358. The average molecular weight is 180 g/mol. The molecule has 0 radical (unpaired) electrons. The molecule has 0 rings (SSSR count). The summed E-state index contributed by atoms with van der Waals surface area (Å²) in [5, 5.41) is 8.08. The van der Waals surface area contributed by atoms with Gasteiger partial charge in [0.1, 0.15) is 5.54 Å². The summed E-state index contributed by atoms with van der Waals surface area (Å²) in [5.74, 6) is 0. The van der Waals surface area contributed by atoms with Gasteiger partial charge in [-0.2, -0.15) is 13.2 Å². The van der Waals surface area contributed by atoms with Crippen LogP contribution in [0.3, 0.4) is 0 Å². The first-order valence-electron chi connectivity index (χ1n) is 2.28. The van der Waals surface area contributed by atoms with Gasteiger partial charge < -0.3 is 10.8 Å². The molecule has 0 aliphatic heterocycles. The van der Waals surface area contributed by atoms with Gasteiger partial charge in [-0.1, -0.05) is 0 Å². The van der Waals surface area contributed by atoms with E-state index in [1.165, 1.54) is 0 Å². The van der Waals surface area contributed by atoms with Crippen LogP contribution in [0.25, 0.3) is 0 Å². The highest BCUT2D eigenvalue weighted by Crippen LogP contribution is 2.26. The highest BCUT2D eigenvalue weighted by Gasteiger charge is 2.47. The fourth-order valence-electron chi connectivity index (χ4n) is 0.0896. The third kappa shape index (κ3) is 2.72. The number of aliphatic hydroxyl groups excluding tert-OH is 1. The molecule has 3 N–H and O–H groups in total. The van der Waals surface area contributed by atoms with E-state index in [-0.39, 0.29) is 12.4 Å². The van der Waals surface area contributed by atoms with Gasteiger partial charge in [0.15, 0.2) is 0 Å². The fraction of sp³-hybridized carbons (Fsp3) is 1.00. The summed E-state index contributed by atoms with van der Waals surface area (Å²) in [6.07, 6.45) is -4.53. The lowest BCUT2D eigenvalue weighted by Gasteiger charge is -2.24. The molecule has 0 amide bonds. The van der Waals surface area contributed by atoms with E-state index in [0.29, 0.717) is 0 Å². The molecular weight excluding hydrogens is 170 g/mol. The lowest BCUT2D eigenvalue weighted by molar-refractivity contribution is -0.189. The van der Waals surface area contributed by atoms with Crippen molar-refractivity contribution in [3.05, 3.63) is 0 Å². The number of rotatable bonds is 1. The van der Waals surface area contributed by atoms with Gasteiger partial charge in [0.2, 0.25) is 0 Å². The maximum absolute atomic E-state index is 11.5. The second kappa shape index (κ2) is 3.41. The molecule has 0 spiro atoms. The highest BCUT2D eigenvalue weighted by molar-refractivity contribution is 5.85. The van der Waals surface area contributed by atoms with Crippen molar-refractivity contribution in [2.75, 3.05) is 6.61 Å². The van der Waals surface area contributed by atoms with Crippen LogP contribution in [0, 0.1) is 0 Å². The topological polar surface area (TPSA) is 46.2 Å². The Kier molecular flexibility index (Phi) is 4.31. The Bertz CT molecular complexity index is 103. The van der Waals surface area contributed by atoms with Gasteiger partial charge in [0.05, 0.1) is 6.61 Å². The lowest BCUT2D eigenvalue weighted by Crippen LogP contribution is -2.53. The summed E-state index contributed by atoms with van der Waals surface area (Å²) >= 11 is 0. The zero-order valence-corrected chi connectivity index (χ0v) is 6.09. The molecule has 0 saturated heterocycles. The smallest absolute Gasteiger partial charge is 0.394 e. The third-order valence-corrected chi connectivity index (χ3v) is 0.976. The molecule has 0 aromatic rings. The zero-order valence-electron chi connectivity index (χ0n) is 5.27. The number of hydrogen-bond acceptors (Lipinski definition) is 2. The number of hydrogen-bond donors (Lipinski definition) is 2. The van der Waals surface area contributed by atoms with E-state index in [2.05, 4.69) is 5.73 Å². The van der Waals surface area contributed by atoms with E-state index in [4.69, 9.17) is 5.11 Å². The Hall–Kier alpha value is -0.0000000000000000555. The van der Waals surface area contributed by atoms with Gasteiger partial charge in [-0.15, -0.1) is 12.4 Å². The predicted molar refractivity (Wildman–Crippen MR) is 33.0 cm³/mol. The minimum atomic E-state index is -4.53. The van der Waals surface area contributed by atoms with Gasteiger partial charge in [0, 0.05) is 0 Å². The number of alkyl halides is 3. The first-order valence-corrected chi connectivity index (χ1v) is 2.28. The molecule has 0 saturated carbocycles. The Morgan fingerprint density at radius 2 is 1.70 bits per heavy atom. The van der Waals surface area contributed by atoms with Crippen LogP contribution >= 0.6 is 12.4 Å². The molecular formula is C4H9ClF3NO. The minimum absolute atomic E-state index is 0. The fourth-order valence-corrected chi connectivity index (χ4v) is 0.0896. The molecule has 10 heavy (non-hydrogen) atoms. The lowest BCUT2D eigenvalue weighted by atomic mass is 10.1. The Morgan fingerprint density at radius 3 is 1.70 bits per heavy atom. The van der Waals surface area contributed by atoms with Crippen LogP contribution in [-0.4, -0.2) is 23.4 Å². The monoisotopic (exact) mass is 179 g/mol. The maximum Gasteiger partial charge on any atom is 0.408 e. The maximum atomic E-state index is 11.5. The van der Waals surface area contributed by atoms with E-state index >= 15 is 0 Å². The van der Waals surface area contributed by atoms with Crippen LogP contribution in [-0.2, 0) is 0 Å². The van der Waals surface area contributed by atoms with E-state index in [1.54, 1.807) is 0 Å². The normalized spacial score (nSPS) is 17.4. The van der Waals surface area contributed by atoms with Gasteiger partial charge in [0.25, 0.3) is 0 Å². The van der Waals surface area contributed by atoms with Gasteiger partial charge in [-0.25, -0.2) is 0 Å². The molecule has 0 unspecified atom stereocenters. The van der Waals surface area contributed by atoms with E-state index in [0.717, 1.165) is 6.92 Å². The Balaban J connectivity index is 0. The number of halogens is 4. The average Bonchev–Trinajstić information content (AvgIpc) is 1.64. The summed E-state index contributed by atoms with van der Waals surface area (Å²) in [7, 11) is 0. The molecule has 0 aromatic heterocycles. The van der Waals surface area contributed by atoms with Crippen LogP contribution in [0.1, 0.15) is 6.92 Å². The SMILES string of the molecule is C[C@@](N)(CO)C(F)(F)F.Cl. The van der Waals surface area contributed by atoms with Crippen LogP contribution in [0.15, 0.2) is 0 Å². The molecule has 6 heteroatoms. The van der Waals surface area contributed by atoms with Crippen molar-refractivity contribution in [2.45, 2.75) is 18.6 Å². The summed E-state index contributed by atoms with van der Waals surface area (Å²) < 4.78 is 34.6.